The van der Waals surface area contributed by atoms with E-state index < -0.39 is 0 Å². The van der Waals surface area contributed by atoms with Crippen molar-refractivity contribution >= 4 is 0 Å². The fraction of sp³-hybridized carbons (Fsp3) is 0.667. The molecule has 0 amide bonds. The second-order valence-electron chi connectivity index (χ2n) is 7.67. The molecule has 0 radical (unpaired) electrons. The number of benzene rings is 1. The minimum Gasteiger partial charge on any atom is -0.396 e. The third-order valence-corrected chi connectivity index (χ3v) is 3.57. The summed E-state index contributed by atoms with van der Waals surface area (Å²) in [7, 11) is 0. The highest BCUT2D eigenvalue weighted by Crippen LogP contribution is 2.30. The van der Waals surface area contributed by atoms with Gasteiger partial charge in [0.05, 0.1) is 0 Å². The quantitative estimate of drug-likeness (QED) is 0.803. The van der Waals surface area contributed by atoms with E-state index in [1.807, 2.05) is 0 Å². The molecule has 0 saturated carbocycles. The third-order valence-electron chi connectivity index (χ3n) is 3.57. The van der Waals surface area contributed by atoms with Crippen LogP contribution < -0.4 is 5.32 Å². The van der Waals surface area contributed by atoms with Crippen LogP contribution in [0.4, 0.5) is 0 Å². The first-order chi connectivity index (χ1) is 9.14. The normalized spacial score (nSPS) is 12.8. The van der Waals surface area contributed by atoms with Crippen molar-refractivity contribution in [1.82, 2.24) is 5.32 Å². The van der Waals surface area contributed by atoms with E-state index in [1.54, 1.807) is 0 Å². The monoisotopic (exact) mass is 277 g/mol. The van der Waals surface area contributed by atoms with Crippen LogP contribution >= 0.6 is 0 Å². The molecule has 0 saturated heterocycles. The Bertz CT molecular complexity index is 392. The molecule has 20 heavy (non-hydrogen) atoms. The Kier molecular flexibility index (Phi) is 5.79. The van der Waals surface area contributed by atoms with Gasteiger partial charge in [-0.1, -0.05) is 59.7 Å². The maximum Gasteiger partial charge on any atom is 0.0443 e. The first-order valence-electron chi connectivity index (χ1n) is 7.61. The van der Waals surface area contributed by atoms with E-state index in [0.29, 0.717) is 0 Å². The Morgan fingerprint density at radius 2 is 1.40 bits per heavy atom. The highest BCUT2D eigenvalue weighted by Gasteiger charge is 2.20. The van der Waals surface area contributed by atoms with Gasteiger partial charge in [-0.3, -0.25) is 0 Å². The fourth-order valence-electron chi connectivity index (χ4n) is 2.10. The number of nitrogens with one attached hydrogen (secondary N) is 1. The average Bonchev–Trinajstić information content (AvgIpc) is 2.32. The van der Waals surface area contributed by atoms with Gasteiger partial charge in [-0.15, -0.1) is 0 Å². The van der Waals surface area contributed by atoms with Crippen molar-refractivity contribution in [2.75, 3.05) is 13.2 Å². The molecule has 2 nitrogen and oxygen atoms in total. The molecule has 0 spiro atoms. The van der Waals surface area contributed by atoms with Crippen molar-refractivity contribution in [3.05, 3.63) is 34.9 Å². The van der Waals surface area contributed by atoms with Crippen LogP contribution in [-0.4, -0.2) is 18.3 Å². The van der Waals surface area contributed by atoms with Crippen molar-refractivity contribution in [3.63, 3.8) is 0 Å². The smallest absolute Gasteiger partial charge is 0.0443 e. The predicted molar refractivity (Wildman–Crippen MR) is 87.3 cm³/mol. The number of rotatable bonds is 5. The molecule has 0 unspecified atom stereocenters. The zero-order valence-electron chi connectivity index (χ0n) is 14.0. The van der Waals surface area contributed by atoms with E-state index in [-0.39, 0.29) is 17.4 Å². The molecule has 0 aliphatic heterocycles. The lowest BCUT2D eigenvalue weighted by atomic mass is 9.79. The summed E-state index contributed by atoms with van der Waals surface area (Å²) in [4.78, 5) is 0. The Morgan fingerprint density at radius 1 is 0.900 bits per heavy atom. The molecule has 1 rings (SSSR count). The maximum atomic E-state index is 8.83. The zero-order valence-corrected chi connectivity index (χ0v) is 14.0. The second kappa shape index (κ2) is 6.73. The Labute approximate surface area is 124 Å². The zero-order chi connectivity index (χ0) is 15.4. The van der Waals surface area contributed by atoms with Gasteiger partial charge < -0.3 is 10.4 Å². The molecule has 114 valence electrons. The number of aliphatic hydroxyl groups is 1. The molecule has 0 atom stereocenters. The van der Waals surface area contributed by atoms with Crippen molar-refractivity contribution in [2.45, 2.75) is 65.3 Å². The van der Waals surface area contributed by atoms with Crippen LogP contribution in [0.1, 0.15) is 64.7 Å². The number of hydrogen-bond acceptors (Lipinski definition) is 2. The van der Waals surface area contributed by atoms with Crippen LogP contribution in [0.15, 0.2) is 18.2 Å². The topological polar surface area (TPSA) is 32.3 Å². The first-order valence-corrected chi connectivity index (χ1v) is 7.61. The Morgan fingerprint density at radius 3 is 1.80 bits per heavy atom. The SMILES string of the molecule is CC(C)(C)c1cc(CNCCCO)cc(C(C)(C)C)c1. The summed E-state index contributed by atoms with van der Waals surface area (Å²) in [6.45, 7) is 15.6. The van der Waals surface area contributed by atoms with Gasteiger partial charge in [0.25, 0.3) is 0 Å². The van der Waals surface area contributed by atoms with Gasteiger partial charge in [0.15, 0.2) is 0 Å². The molecule has 0 aliphatic rings. The molecule has 0 aromatic heterocycles. The number of aliphatic hydroxyl groups excluding tert-OH is 1. The molecule has 2 N–H and O–H groups in total. The van der Waals surface area contributed by atoms with E-state index in [0.717, 1.165) is 19.5 Å². The predicted octanol–water partition coefficient (Wildman–Crippen LogP) is 3.75. The first kappa shape index (κ1) is 17.2. The van der Waals surface area contributed by atoms with Gasteiger partial charge in [0, 0.05) is 13.2 Å². The lowest BCUT2D eigenvalue weighted by Gasteiger charge is -2.26. The molecule has 0 bridgehead atoms. The standard InChI is InChI=1S/C18H31NO/c1-17(2,3)15-10-14(13-19-8-7-9-20)11-16(12-15)18(4,5)6/h10-12,19-20H,7-9,13H2,1-6H3. The van der Waals surface area contributed by atoms with Crippen LogP contribution in [-0.2, 0) is 17.4 Å². The third kappa shape index (κ3) is 5.26. The lowest BCUT2D eigenvalue weighted by Crippen LogP contribution is -2.20. The van der Waals surface area contributed by atoms with Gasteiger partial charge in [0.1, 0.15) is 0 Å². The minimum atomic E-state index is 0.168. The van der Waals surface area contributed by atoms with Gasteiger partial charge >= 0.3 is 0 Å². The molecular weight excluding hydrogens is 246 g/mol. The van der Waals surface area contributed by atoms with Crippen LogP contribution in [0.2, 0.25) is 0 Å². The molecule has 0 fully saturated rings. The van der Waals surface area contributed by atoms with E-state index >= 15 is 0 Å². The summed E-state index contributed by atoms with van der Waals surface area (Å²) >= 11 is 0. The summed E-state index contributed by atoms with van der Waals surface area (Å²) in [5.41, 5.74) is 4.45. The van der Waals surface area contributed by atoms with E-state index in [2.05, 4.69) is 65.1 Å². The largest absolute Gasteiger partial charge is 0.396 e. The summed E-state index contributed by atoms with van der Waals surface area (Å²) in [6, 6.07) is 6.96. The van der Waals surface area contributed by atoms with Crippen molar-refractivity contribution in [2.24, 2.45) is 0 Å². The summed E-state index contributed by atoms with van der Waals surface area (Å²) in [6.07, 6.45) is 0.811. The van der Waals surface area contributed by atoms with E-state index in [9.17, 15) is 0 Å². The van der Waals surface area contributed by atoms with Gasteiger partial charge in [-0.2, -0.15) is 0 Å². The van der Waals surface area contributed by atoms with E-state index in [4.69, 9.17) is 5.11 Å². The van der Waals surface area contributed by atoms with Gasteiger partial charge in [-0.05, 0) is 40.5 Å². The maximum absolute atomic E-state index is 8.83. The Balaban J connectivity index is 2.99. The molecule has 2 heteroatoms. The van der Waals surface area contributed by atoms with E-state index in [1.165, 1.54) is 16.7 Å². The van der Waals surface area contributed by atoms with Crippen LogP contribution in [0.5, 0.6) is 0 Å². The van der Waals surface area contributed by atoms with Crippen LogP contribution in [0.3, 0.4) is 0 Å². The molecule has 1 aromatic rings. The lowest BCUT2D eigenvalue weighted by molar-refractivity contribution is 0.286. The van der Waals surface area contributed by atoms with Crippen molar-refractivity contribution in [1.29, 1.82) is 0 Å². The molecular formula is C18H31NO. The van der Waals surface area contributed by atoms with Crippen LogP contribution in [0.25, 0.3) is 0 Å². The molecule has 0 heterocycles. The highest BCUT2D eigenvalue weighted by molar-refractivity contribution is 5.37. The minimum absolute atomic E-state index is 0.168. The summed E-state index contributed by atoms with van der Waals surface area (Å²) in [5, 5.41) is 12.2. The molecule has 0 aliphatic carbocycles. The average molecular weight is 277 g/mol. The van der Waals surface area contributed by atoms with Crippen molar-refractivity contribution in [3.8, 4) is 0 Å². The second-order valence-corrected chi connectivity index (χ2v) is 7.67. The highest BCUT2D eigenvalue weighted by atomic mass is 16.3. The summed E-state index contributed by atoms with van der Waals surface area (Å²) < 4.78 is 0. The van der Waals surface area contributed by atoms with Crippen molar-refractivity contribution < 1.29 is 5.11 Å². The summed E-state index contributed by atoms with van der Waals surface area (Å²) in [5.74, 6) is 0. The Hall–Kier alpha value is -0.860. The van der Waals surface area contributed by atoms with Gasteiger partial charge in [0.2, 0.25) is 0 Å². The fourth-order valence-corrected chi connectivity index (χ4v) is 2.10. The number of hydrogen-bond donors (Lipinski definition) is 2. The van der Waals surface area contributed by atoms with Gasteiger partial charge in [-0.25, -0.2) is 0 Å². The molecule has 1 aromatic carbocycles. The van der Waals surface area contributed by atoms with Crippen LogP contribution in [0, 0.1) is 0 Å².